The van der Waals surface area contributed by atoms with Gasteiger partial charge in [0.1, 0.15) is 18.6 Å². The zero-order chi connectivity index (χ0) is 13.8. The van der Waals surface area contributed by atoms with E-state index in [1.165, 1.54) is 11.8 Å². The average molecular weight is 271 g/mol. The minimum absolute atomic E-state index is 0.319. The van der Waals surface area contributed by atoms with Gasteiger partial charge in [-0.25, -0.2) is 0 Å². The highest BCUT2D eigenvalue weighted by molar-refractivity contribution is 5.48. The minimum Gasteiger partial charge on any atom is -0.489 e. The van der Waals surface area contributed by atoms with Crippen LogP contribution >= 0.6 is 0 Å². The summed E-state index contributed by atoms with van der Waals surface area (Å²) in [7, 11) is 0. The third kappa shape index (κ3) is 2.86. The molecule has 0 aromatic heterocycles. The maximum atomic E-state index is 5.78. The molecule has 1 aromatic carbocycles. The SMILES string of the molecule is NCC1=COc2cc(OCC3=CC=CCC3)ccc2O1. The predicted molar refractivity (Wildman–Crippen MR) is 76.8 cm³/mol. The van der Waals surface area contributed by atoms with Crippen LogP contribution in [0.15, 0.2) is 54.0 Å². The molecular formula is C16H17NO3. The molecule has 0 fully saturated rings. The molecular weight excluding hydrogens is 254 g/mol. The molecule has 1 aliphatic heterocycles. The van der Waals surface area contributed by atoms with Gasteiger partial charge in [-0.2, -0.15) is 0 Å². The fraction of sp³-hybridized carbons (Fsp3) is 0.250. The highest BCUT2D eigenvalue weighted by Crippen LogP contribution is 2.35. The molecule has 0 atom stereocenters. The summed E-state index contributed by atoms with van der Waals surface area (Å²) in [4.78, 5) is 0. The van der Waals surface area contributed by atoms with Crippen molar-refractivity contribution in [3.05, 3.63) is 54.0 Å². The van der Waals surface area contributed by atoms with E-state index in [1.54, 1.807) is 0 Å². The molecule has 0 radical (unpaired) electrons. The smallest absolute Gasteiger partial charge is 0.172 e. The third-order valence-electron chi connectivity index (χ3n) is 3.20. The Hall–Kier alpha value is -2.20. The zero-order valence-electron chi connectivity index (χ0n) is 11.2. The van der Waals surface area contributed by atoms with E-state index in [0.29, 0.717) is 30.4 Å². The Bertz CT molecular complexity index is 587. The first kappa shape index (κ1) is 12.8. The van der Waals surface area contributed by atoms with Gasteiger partial charge in [-0.1, -0.05) is 18.2 Å². The first-order valence-corrected chi connectivity index (χ1v) is 6.70. The monoisotopic (exact) mass is 271 g/mol. The molecule has 104 valence electrons. The van der Waals surface area contributed by atoms with Gasteiger partial charge in [-0.3, -0.25) is 0 Å². The lowest BCUT2D eigenvalue weighted by Crippen LogP contribution is -2.13. The van der Waals surface area contributed by atoms with E-state index in [1.807, 2.05) is 18.2 Å². The van der Waals surface area contributed by atoms with E-state index < -0.39 is 0 Å². The lowest BCUT2D eigenvalue weighted by atomic mass is 10.1. The second kappa shape index (κ2) is 5.84. The van der Waals surface area contributed by atoms with E-state index in [4.69, 9.17) is 19.9 Å². The lowest BCUT2D eigenvalue weighted by Gasteiger charge is -2.18. The number of rotatable bonds is 4. The Balaban J connectivity index is 1.66. The number of hydrogen-bond donors (Lipinski definition) is 1. The zero-order valence-corrected chi connectivity index (χ0v) is 11.2. The van der Waals surface area contributed by atoms with Crippen LogP contribution in [-0.2, 0) is 0 Å². The summed E-state index contributed by atoms with van der Waals surface area (Å²) >= 11 is 0. The predicted octanol–water partition coefficient (Wildman–Crippen LogP) is 2.91. The molecule has 4 heteroatoms. The van der Waals surface area contributed by atoms with E-state index in [2.05, 4.69) is 18.2 Å². The number of ether oxygens (including phenoxy) is 3. The molecule has 1 heterocycles. The number of fused-ring (bicyclic) bond motifs is 1. The van der Waals surface area contributed by atoms with Gasteiger partial charge in [0, 0.05) is 6.07 Å². The van der Waals surface area contributed by atoms with Crippen molar-refractivity contribution in [2.75, 3.05) is 13.2 Å². The van der Waals surface area contributed by atoms with Crippen molar-refractivity contribution >= 4 is 0 Å². The maximum absolute atomic E-state index is 5.78. The summed E-state index contributed by atoms with van der Waals surface area (Å²) in [6, 6.07) is 5.54. The number of hydrogen-bond acceptors (Lipinski definition) is 4. The van der Waals surface area contributed by atoms with E-state index in [-0.39, 0.29) is 0 Å². The van der Waals surface area contributed by atoms with Crippen molar-refractivity contribution in [1.82, 2.24) is 0 Å². The summed E-state index contributed by atoms with van der Waals surface area (Å²) in [5, 5.41) is 0. The lowest BCUT2D eigenvalue weighted by molar-refractivity contribution is 0.313. The van der Waals surface area contributed by atoms with Crippen LogP contribution < -0.4 is 19.9 Å². The van der Waals surface area contributed by atoms with Gasteiger partial charge >= 0.3 is 0 Å². The van der Waals surface area contributed by atoms with Crippen molar-refractivity contribution in [2.24, 2.45) is 5.73 Å². The third-order valence-corrected chi connectivity index (χ3v) is 3.20. The summed E-state index contributed by atoms with van der Waals surface area (Å²) < 4.78 is 16.8. The fourth-order valence-electron chi connectivity index (χ4n) is 2.09. The first-order valence-electron chi connectivity index (χ1n) is 6.70. The maximum Gasteiger partial charge on any atom is 0.172 e. The van der Waals surface area contributed by atoms with Crippen LogP contribution in [0.1, 0.15) is 12.8 Å². The van der Waals surface area contributed by atoms with Gasteiger partial charge in [0.05, 0.1) is 6.54 Å². The Morgan fingerprint density at radius 1 is 1.25 bits per heavy atom. The van der Waals surface area contributed by atoms with Crippen molar-refractivity contribution < 1.29 is 14.2 Å². The van der Waals surface area contributed by atoms with Gasteiger partial charge in [0.15, 0.2) is 17.3 Å². The molecule has 0 unspecified atom stereocenters. The van der Waals surface area contributed by atoms with Crippen molar-refractivity contribution in [1.29, 1.82) is 0 Å². The highest BCUT2D eigenvalue weighted by atomic mass is 16.6. The molecule has 4 nitrogen and oxygen atoms in total. The van der Waals surface area contributed by atoms with Gasteiger partial charge in [0.25, 0.3) is 0 Å². The second-order valence-electron chi connectivity index (χ2n) is 4.70. The van der Waals surface area contributed by atoms with Crippen molar-refractivity contribution in [3.8, 4) is 17.2 Å². The van der Waals surface area contributed by atoms with Crippen molar-refractivity contribution in [3.63, 3.8) is 0 Å². The normalized spacial score (nSPS) is 16.4. The van der Waals surface area contributed by atoms with Crippen LogP contribution in [0.3, 0.4) is 0 Å². The second-order valence-corrected chi connectivity index (χ2v) is 4.70. The summed E-state index contributed by atoms with van der Waals surface area (Å²) in [6.45, 7) is 0.924. The van der Waals surface area contributed by atoms with Crippen LogP contribution in [0.2, 0.25) is 0 Å². The Kier molecular flexibility index (Phi) is 3.74. The Morgan fingerprint density at radius 2 is 2.20 bits per heavy atom. The molecule has 0 saturated carbocycles. The van der Waals surface area contributed by atoms with E-state index in [9.17, 15) is 0 Å². The largest absolute Gasteiger partial charge is 0.489 e. The Morgan fingerprint density at radius 3 is 3.00 bits per heavy atom. The van der Waals surface area contributed by atoms with E-state index >= 15 is 0 Å². The van der Waals surface area contributed by atoms with Crippen LogP contribution in [-0.4, -0.2) is 13.2 Å². The molecule has 2 N–H and O–H groups in total. The molecule has 0 spiro atoms. The average Bonchev–Trinajstić information content (AvgIpc) is 2.53. The van der Waals surface area contributed by atoms with Gasteiger partial charge in [-0.05, 0) is 30.5 Å². The Labute approximate surface area is 118 Å². The number of nitrogens with two attached hydrogens (primary N) is 1. The fourth-order valence-corrected chi connectivity index (χ4v) is 2.09. The summed E-state index contributed by atoms with van der Waals surface area (Å²) in [5.74, 6) is 2.70. The highest BCUT2D eigenvalue weighted by Gasteiger charge is 2.14. The van der Waals surface area contributed by atoms with Crippen LogP contribution in [0, 0.1) is 0 Å². The molecule has 0 amide bonds. The molecule has 2 aliphatic rings. The summed E-state index contributed by atoms with van der Waals surface area (Å²) in [5.41, 5.74) is 6.81. The molecule has 1 aromatic rings. The van der Waals surface area contributed by atoms with E-state index in [0.717, 1.165) is 18.6 Å². The number of benzene rings is 1. The van der Waals surface area contributed by atoms with Crippen molar-refractivity contribution in [2.45, 2.75) is 12.8 Å². The number of allylic oxidation sites excluding steroid dienone is 3. The van der Waals surface area contributed by atoms with Crippen LogP contribution in [0.25, 0.3) is 0 Å². The quantitative estimate of drug-likeness (QED) is 0.914. The minimum atomic E-state index is 0.319. The molecule has 3 rings (SSSR count). The standard InChI is InChI=1S/C16H17NO3/c17-9-14-11-19-16-8-13(6-7-15(16)20-14)18-10-12-4-2-1-3-5-12/h1-2,4,6-8,11H,3,5,9-10,17H2. The van der Waals surface area contributed by atoms with Crippen LogP contribution in [0.4, 0.5) is 0 Å². The topological polar surface area (TPSA) is 53.7 Å². The molecule has 20 heavy (non-hydrogen) atoms. The molecule has 0 bridgehead atoms. The van der Waals surface area contributed by atoms with Gasteiger partial charge < -0.3 is 19.9 Å². The molecule has 1 aliphatic carbocycles. The van der Waals surface area contributed by atoms with Gasteiger partial charge in [-0.15, -0.1) is 0 Å². The van der Waals surface area contributed by atoms with Gasteiger partial charge in [0.2, 0.25) is 0 Å². The summed E-state index contributed by atoms with van der Waals surface area (Å²) in [6.07, 6.45) is 10.0. The van der Waals surface area contributed by atoms with Crippen LogP contribution in [0.5, 0.6) is 17.2 Å². The first-order chi connectivity index (χ1) is 9.85. The molecule has 0 saturated heterocycles.